The van der Waals surface area contributed by atoms with Gasteiger partial charge in [0.15, 0.2) is 11.5 Å². The van der Waals surface area contributed by atoms with Crippen LogP contribution in [0.15, 0.2) is 23.0 Å². The second-order valence-corrected chi connectivity index (χ2v) is 6.98. The van der Waals surface area contributed by atoms with E-state index in [2.05, 4.69) is 0 Å². The van der Waals surface area contributed by atoms with Gasteiger partial charge in [-0.1, -0.05) is 0 Å². The molecular formula is C21H23NO7. The number of rotatable bonds is 6. The van der Waals surface area contributed by atoms with Crippen LogP contribution in [0.4, 0.5) is 0 Å². The van der Waals surface area contributed by atoms with Crippen molar-refractivity contribution in [3.8, 4) is 28.5 Å². The molecule has 4 rings (SSSR count). The molecule has 0 saturated heterocycles. The van der Waals surface area contributed by atoms with Crippen LogP contribution in [0, 0.1) is 0 Å². The SMILES string of the molecule is CCOC(=O)c1cc2c(n(C3CC3)c1=O)-c1cc(OC)c(OC)cc1OC2CO. The predicted octanol–water partition coefficient (Wildman–Crippen LogP) is 2.47. The van der Waals surface area contributed by atoms with Crippen LogP contribution in [-0.2, 0) is 4.74 Å². The van der Waals surface area contributed by atoms with Crippen molar-refractivity contribution >= 4 is 5.97 Å². The Morgan fingerprint density at radius 2 is 1.90 bits per heavy atom. The summed E-state index contributed by atoms with van der Waals surface area (Å²) in [5.41, 5.74) is 1.41. The molecule has 1 saturated carbocycles. The molecule has 1 aliphatic carbocycles. The minimum absolute atomic E-state index is 0.0102. The van der Waals surface area contributed by atoms with Crippen LogP contribution in [0.2, 0.25) is 0 Å². The molecule has 2 aliphatic rings. The molecule has 1 aromatic carbocycles. The Morgan fingerprint density at radius 1 is 1.21 bits per heavy atom. The van der Waals surface area contributed by atoms with Gasteiger partial charge in [-0.05, 0) is 31.9 Å². The van der Waals surface area contributed by atoms with Crippen molar-refractivity contribution in [1.82, 2.24) is 4.57 Å². The Kier molecular flexibility index (Phi) is 4.96. The number of aromatic nitrogens is 1. The molecule has 0 bridgehead atoms. The lowest BCUT2D eigenvalue weighted by Crippen LogP contribution is -2.32. The number of hydrogen-bond donors (Lipinski definition) is 1. The summed E-state index contributed by atoms with van der Waals surface area (Å²) in [6.45, 7) is 1.54. The third-order valence-corrected chi connectivity index (χ3v) is 5.19. The molecule has 2 heterocycles. The molecule has 0 radical (unpaired) electrons. The summed E-state index contributed by atoms with van der Waals surface area (Å²) in [6, 6.07) is 4.91. The molecule has 1 unspecified atom stereocenters. The number of pyridine rings is 1. The largest absolute Gasteiger partial charge is 0.493 e. The Morgan fingerprint density at radius 3 is 2.48 bits per heavy atom. The highest BCUT2D eigenvalue weighted by Crippen LogP contribution is 2.49. The molecule has 0 spiro atoms. The number of aliphatic hydroxyl groups is 1. The number of esters is 1. The standard InChI is InChI=1S/C21H23NO7/c1-4-28-21(25)14-7-12-18(10-23)29-15-9-17(27-3)16(26-2)8-13(15)19(12)22(20(14)24)11-5-6-11/h7-9,11,18,23H,4-6,10H2,1-3H3. The van der Waals surface area contributed by atoms with Gasteiger partial charge in [-0.25, -0.2) is 4.79 Å². The van der Waals surface area contributed by atoms with E-state index in [-0.39, 0.29) is 24.8 Å². The average molecular weight is 401 g/mol. The van der Waals surface area contributed by atoms with Crippen LogP contribution < -0.4 is 19.8 Å². The lowest BCUT2D eigenvalue weighted by molar-refractivity contribution is 0.0522. The fourth-order valence-corrected chi connectivity index (χ4v) is 3.72. The number of benzene rings is 1. The van der Waals surface area contributed by atoms with Crippen molar-refractivity contribution in [2.75, 3.05) is 27.4 Å². The van der Waals surface area contributed by atoms with Gasteiger partial charge >= 0.3 is 5.97 Å². The van der Waals surface area contributed by atoms with Crippen LogP contribution in [0.3, 0.4) is 0 Å². The van der Waals surface area contributed by atoms with E-state index in [1.54, 1.807) is 23.6 Å². The maximum Gasteiger partial charge on any atom is 0.343 e. The number of hydrogen-bond acceptors (Lipinski definition) is 7. The zero-order chi connectivity index (χ0) is 20.7. The lowest BCUT2D eigenvalue weighted by Gasteiger charge is -2.31. The Bertz CT molecular complexity index is 1020. The fourth-order valence-electron chi connectivity index (χ4n) is 3.72. The van der Waals surface area contributed by atoms with E-state index in [9.17, 15) is 14.7 Å². The predicted molar refractivity (Wildman–Crippen MR) is 104 cm³/mol. The van der Waals surface area contributed by atoms with E-state index in [0.29, 0.717) is 34.1 Å². The number of methoxy groups -OCH3 is 2. The first kappa shape index (κ1) is 19.3. The summed E-state index contributed by atoms with van der Waals surface area (Å²) in [5.74, 6) is 0.777. The Labute approximate surface area is 167 Å². The van der Waals surface area contributed by atoms with Crippen LogP contribution in [0.1, 0.15) is 47.8 Å². The highest BCUT2D eigenvalue weighted by molar-refractivity contribution is 5.90. The summed E-state index contributed by atoms with van der Waals surface area (Å²) >= 11 is 0. The van der Waals surface area contributed by atoms with Gasteiger partial charge in [0.2, 0.25) is 0 Å². The highest BCUT2D eigenvalue weighted by Gasteiger charge is 2.37. The van der Waals surface area contributed by atoms with E-state index < -0.39 is 17.6 Å². The van der Waals surface area contributed by atoms with E-state index in [0.717, 1.165) is 12.8 Å². The molecule has 8 heteroatoms. The van der Waals surface area contributed by atoms with Crippen molar-refractivity contribution in [3.05, 3.63) is 39.7 Å². The molecule has 1 atom stereocenters. The van der Waals surface area contributed by atoms with Gasteiger partial charge in [-0.15, -0.1) is 0 Å². The second kappa shape index (κ2) is 7.44. The van der Waals surface area contributed by atoms with E-state index >= 15 is 0 Å². The quantitative estimate of drug-likeness (QED) is 0.743. The summed E-state index contributed by atoms with van der Waals surface area (Å²) in [4.78, 5) is 25.6. The molecule has 1 aliphatic heterocycles. The van der Waals surface area contributed by atoms with Crippen molar-refractivity contribution in [2.45, 2.75) is 31.9 Å². The summed E-state index contributed by atoms with van der Waals surface area (Å²) in [7, 11) is 3.06. The topological polar surface area (TPSA) is 96.2 Å². The molecule has 1 fully saturated rings. The van der Waals surface area contributed by atoms with Crippen molar-refractivity contribution < 1.29 is 28.8 Å². The van der Waals surface area contributed by atoms with Crippen LogP contribution in [-0.4, -0.2) is 43.1 Å². The first-order valence-electron chi connectivity index (χ1n) is 9.54. The number of ether oxygens (including phenoxy) is 4. The Hall–Kier alpha value is -3.00. The van der Waals surface area contributed by atoms with E-state index in [1.807, 2.05) is 0 Å². The molecule has 154 valence electrons. The van der Waals surface area contributed by atoms with E-state index in [4.69, 9.17) is 18.9 Å². The molecule has 1 N–H and O–H groups in total. The summed E-state index contributed by atoms with van der Waals surface area (Å²) in [5, 5.41) is 9.95. The number of nitrogens with zero attached hydrogens (tertiary/aromatic N) is 1. The second-order valence-electron chi connectivity index (χ2n) is 6.98. The number of carbonyl (C=O) groups excluding carboxylic acids is 1. The summed E-state index contributed by atoms with van der Waals surface area (Å²) < 4.78 is 23.5. The van der Waals surface area contributed by atoms with Crippen LogP contribution in [0.5, 0.6) is 17.2 Å². The van der Waals surface area contributed by atoms with E-state index in [1.165, 1.54) is 20.3 Å². The normalized spacial score (nSPS) is 17.0. The smallest absolute Gasteiger partial charge is 0.343 e. The fraction of sp³-hybridized carbons (Fsp3) is 0.429. The Balaban J connectivity index is 2.02. The van der Waals surface area contributed by atoms with Crippen LogP contribution in [0.25, 0.3) is 11.3 Å². The molecule has 1 aromatic heterocycles. The first-order chi connectivity index (χ1) is 14.0. The number of fused-ring (bicyclic) bond motifs is 3. The third kappa shape index (κ3) is 3.13. The van der Waals surface area contributed by atoms with Crippen molar-refractivity contribution in [3.63, 3.8) is 0 Å². The van der Waals surface area contributed by atoms with Crippen molar-refractivity contribution in [1.29, 1.82) is 0 Å². The van der Waals surface area contributed by atoms with Gasteiger partial charge in [0.25, 0.3) is 5.56 Å². The van der Waals surface area contributed by atoms with Gasteiger partial charge in [0.1, 0.15) is 17.4 Å². The van der Waals surface area contributed by atoms with Crippen LogP contribution >= 0.6 is 0 Å². The first-order valence-corrected chi connectivity index (χ1v) is 9.54. The average Bonchev–Trinajstić information content (AvgIpc) is 3.56. The minimum atomic E-state index is -0.727. The molecule has 29 heavy (non-hydrogen) atoms. The van der Waals surface area contributed by atoms with Gasteiger partial charge in [0.05, 0.1) is 33.1 Å². The molecule has 8 nitrogen and oxygen atoms in total. The summed E-state index contributed by atoms with van der Waals surface area (Å²) in [6.07, 6.45) is 0.951. The molecular weight excluding hydrogens is 378 g/mol. The lowest BCUT2D eigenvalue weighted by atomic mass is 9.95. The minimum Gasteiger partial charge on any atom is -0.493 e. The third-order valence-electron chi connectivity index (χ3n) is 5.19. The number of carbonyl (C=O) groups is 1. The van der Waals surface area contributed by atoms with Gasteiger partial charge in [0, 0.05) is 23.2 Å². The maximum absolute atomic E-state index is 13.2. The highest BCUT2D eigenvalue weighted by atomic mass is 16.5. The maximum atomic E-state index is 13.2. The number of aliphatic hydroxyl groups excluding tert-OH is 1. The zero-order valence-corrected chi connectivity index (χ0v) is 16.6. The van der Waals surface area contributed by atoms with Gasteiger partial charge in [-0.2, -0.15) is 0 Å². The van der Waals surface area contributed by atoms with Gasteiger partial charge in [-0.3, -0.25) is 4.79 Å². The monoisotopic (exact) mass is 401 g/mol. The van der Waals surface area contributed by atoms with Crippen molar-refractivity contribution in [2.24, 2.45) is 0 Å². The zero-order valence-electron chi connectivity index (χ0n) is 16.6. The molecule has 0 amide bonds. The van der Waals surface area contributed by atoms with Gasteiger partial charge < -0.3 is 28.6 Å². The molecule has 2 aromatic rings.